The fourth-order valence-electron chi connectivity index (χ4n) is 3.49. The molecule has 2 aromatic rings. The summed E-state index contributed by atoms with van der Waals surface area (Å²) in [7, 11) is 3.65. The minimum Gasteiger partial charge on any atom is -0.381 e. The highest BCUT2D eigenvalue weighted by Crippen LogP contribution is 2.46. The van der Waals surface area contributed by atoms with Crippen molar-refractivity contribution in [3.05, 3.63) is 30.0 Å². The molecule has 1 spiro atoms. The first-order valence-electron chi connectivity index (χ1n) is 7.50. The quantitative estimate of drug-likeness (QED) is 0.849. The second kappa shape index (κ2) is 4.99. The molecule has 1 aromatic heterocycles. The van der Waals surface area contributed by atoms with Crippen LogP contribution in [0.2, 0.25) is 0 Å². The smallest absolute Gasteiger partial charge is 0.275 e. The number of likely N-dealkylation sites (tertiary alicyclic amines) is 1. The second-order valence-corrected chi connectivity index (χ2v) is 7.69. The summed E-state index contributed by atoms with van der Waals surface area (Å²) in [6.45, 7) is 1.61. The molecular formula is C16H19N3O2S. The molecule has 2 aliphatic heterocycles. The van der Waals surface area contributed by atoms with Crippen LogP contribution in [0.5, 0.6) is 0 Å². The molecule has 1 atom stereocenters. The Labute approximate surface area is 133 Å². The van der Waals surface area contributed by atoms with Crippen LogP contribution in [-0.2, 0) is 11.8 Å². The number of carbonyl (C=O) groups is 1. The molecule has 1 unspecified atom stereocenters. The molecule has 22 heavy (non-hydrogen) atoms. The highest BCUT2D eigenvalue weighted by molar-refractivity contribution is 8.01. The number of fused-ring (bicyclic) bond motifs is 1. The van der Waals surface area contributed by atoms with Crippen LogP contribution < -0.4 is 0 Å². The van der Waals surface area contributed by atoms with E-state index in [4.69, 9.17) is 4.74 Å². The van der Waals surface area contributed by atoms with Gasteiger partial charge in [0.15, 0.2) is 5.69 Å². The molecule has 0 bridgehead atoms. The first-order chi connectivity index (χ1) is 10.6. The standard InChI is InChI=1S/C16H19N3O2S/c1-18-13-6-4-3-5-12(13)14(17-18)15(20)19-9-16(10-19)7-11(21-2)8-22-16/h3-6,11H,7-10H2,1-2H3. The van der Waals surface area contributed by atoms with Gasteiger partial charge in [-0.1, -0.05) is 18.2 Å². The van der Waals surface area contributed by atoms with Gasteiger partial charge in [0.25, 0.3) is 5.91 Å². The number of benzene rings is 1. The second-order valence-electron chi connectivity index (χ2n) is 6.21. The molecule has 4 rings (SSSR count). The Hall–Kier alpha value is -1.53. The zero-order valence-electron chi connectivity index (χ0n) is 12.8. The molecule has 2 fully saturated rings. The highest BCUT2D eigenvalue weighted by Gasteiger charge is 2.51. The van der Waals surface area contributed by atoms with Gasteiger partial charge in [-0.25, -0.2) is 0 Å². The van der Waals surface area contributed by atoms with Gasteiger partial charge in [-0.2, -0.15) is 5.10 Å². The van der Waals surface area contributed by atoms with Crippen LogP contribution in [-0.4, -0.2) is 57.4 Å². The number of rotatable bonds is 2. The summed E-state index contributed by atoms with van der Waals surface area (Å²) in [5.74, 6) is 1.08. The fraction of sp³-hybridized carbons (Fsp3) is 0.500. The number of hydrogen-bond donors (Lipinski definition) is 0. The molecule has 5 nitrogen and oxygen atoms in total. The summed E-state index contributed by atoms with van der Waals surface area (Å²) < 4.78 is 7.43. The molecule has 1 aromatic carbocycles. The molecule has 1 amide bonds. The number of amides is 1. The Morgan fingerprint density at radius 1 is 1.41 bits per heavy atom. The van der Waals surface area contributed by atoms with Crippen LogP contribution in [0.25, 0.3) is 10.9 Å². The predicted molar refractivity (Wildman–Crippen MR) is 87.2 cm³/mol. The minimum absolute atomic E-state index is 0.0453. The van der Waals surface area contributed by atoms with Crippen molar-refractivity contribution in [2.75, 3.05) is 26.0 Å². The van der Waals surface area contributed by atoms with Crippen molar-refractivity contribution in [3.8, 4) is 0 Å². The molecule has 116 valence electrons. The topological polar surface area (TPSA) is 47.4 Å². The molecule has 0 N–H and O–H groups in total. The van der Waals surface area contributed by atoms with Crippen LogP contribution >= 0.6 is 11.8 Å². The molecule has 0 radical (unpaired) electrons. The van der Waals surface area contributed by atoms with Gasteiger partial charge in [0.1, 0.15) is 0 Å². The van der Waals surface area contributed by atoms with Crippen molar-refractivity contribution in [2.24, 2.45) is 7.05 Å². The highest BCUT2D eigenvalue weighted by atomic mass is 32.2. The molecule has 3 heterocycles. The number of methoxy groups -OCH3 is 1. The van der Waals surface area contributed by atoms with E-state index in [0.717, 1.165) is 36.2 Å². The van der Waals surface area contributed by atoms with E-state index in [1.807, 2.05) is 48.0 Å². The van der Waals surface area contributed by atoms with Crippen molar-refractivity contribution in [3.63, 3.8) is 0 Å². The molecule has 0 saturated carbocycles. The SMILES string of the molecule is COC1CSC2(C1)CN(C(=O)c1nn(C)c3ccccc13)C2. The Bertz CT molecular complexity index is 736. The minimum atomic E-state index is 0.0453. The summed E-state index contributed by atoms with van der Waals surface area (Å²) in [5.41, 5.74) is 1.56. The number of para-hydroxylation sites is 1. The van der Waals surface area contributed by atoms with Crippen LogP contribution in [0.3, 0.4) is 0 Å². The van der Waals surface area contributed by atoms with E-state index >= 15 is 0 Å². The molecule has 6 heteroatoms. The van der Waals surface area contributed by atoms with Gasteiger partial charge in [0, 0.05) is 38.4 Å². The summed E-state index contributed by atoms with van der Waals surface area (Å²) in [4.78, 5) is 14.7. The lowest BCUT2D eigenvalue weighted by Gasteiger charge is -2.47. The summed E-state index contributed by atoms with van der Waals surface area (Å²) in [5, 5.41) is 5.37. The fourth-order valence-corrected chi connectivity index (χ4v) is 5.08. The summed E-state index contributed by atoms with van der Waals surface area (Å²) in [6, 6.07) is 7.88. The van der Waals surface area contributed by atoms with Gasteiger partial charge in [0.2, 0.25) is 0 Å². The lowest BCUT2D eigenvalue weighted by molar-refractivity contribution is 0.0448. The average Bonchev–Trinajstić information content (AvgIpc) is 3.08. The van der Waals surface area contributed by atoms with E-state index in [1.54, 1.807) is 11.8 Å². The van der Waals surface area contributed by atoms with Gasteiger partial charge in [-0.15, -0.1) is 11.8 Å². The normalized spacial score (nSPS) is 23.2. The summed E-state index contributed by atoms with van der Waals surface area (Å²) in [6.07, 6.45) is 1.37. The van der Waals surface area contributed by atoms with Crippen LogP contribution in [0.1, 0.15) is 16.9 Å². The lowest BCUT2D eigenvalue weighted by Crippen LogP contribution is -2.60. The van der Waals surface area contributed by atoms with Crippen LogP contribution in [0.4, 0.5) is 0 Å². The number of nitrogens with zero attached hydrogens (tertiary/aromatic N) is 3. The largest absolute Gasteiger partial charge is 0.381 e. The van der Waals surface area contributed by atoms with Gasteiger partial charge in [-0.3, -0.25) is 9.48 Å². The first-order valence-corrected chi connectivity index (χ1v) is 8.48. The van der Waals surface area contributed by atoms with E-state index in [0.29, 0.717) is 11.8 Å². The molecule has 0 aliphatic carbocycles. The van der Waals surface area contributed by atoms with Crippen molar-refractivity contribution < 1.29 is 9.53 Å². The van der Waals surface area contributed by atoms with Gasteiger partial charge >= 0.3 is 0 Å². The molecule has 2 aliphatic rings. The Kier molecular flexibility index (Phi) is 3.20. The van der Waals surface area contributed by atoms with Gasteiger partial charge in [-0.05, 0) is 12.5 Å². The maximum absolute atomic E-state index is 12.8. The van der Waals surface area contributed by atoms with E-state index in [1.165, 1.54) is 0 Å². The number of carbonyl (C=O) groups excluding carboxylic acids is 1. The van der Waals surface area contributed by atoms with Crippen molar-refractivity contribution in [1.29, 1.82) is 0 Å². The van der Waals surface area contributed by atoms with E-state index in [-0.39, 0.29) is 10.7 Å². The van der Waals surface area contributed by atoms with Crippen molar-refractivity contribution in [1.82, 2.24) is 14.7 Å². The van der Waals surface area contributed by atoms with Crippen molar-refractivity contribution >= 4 is 28.6 Å². The first kappa shape index (κ1) is 14.1. The predicted octanol–water partition coefficient (Wildman–Crippen LogP) is 1.92. The third-order valence-corrected chi connectivity index (χ3v) is 6.29. The number of aromatic nitrogens is 2. The Balaban J connectivity index is 1.54. The maximum atomic E-state index is 12.8. The van der Waals surface area contributed by atoms with Crippen molar-refractivity contribution in [2.45, 2.75) is 17.3 Å². The molecule has 2 saturated heterocycles. The van der Waals surface area contributed by atoms with E-state index in [2.05, 4.69) is 5.10 Å². The number of aryl methyl sites for hydroxylation is 1. The third-order valence-electron chi connectivity index (χ3n) is 4.71. The number of ether oxygens (including phenoxy) is 1. The van der Waals surface area contributed by atoms with Gasteiger partial charge < -0.3 is 9.64 Å². The van der Waals surface area contributed by atoms with E-state index in [9.17, 15) is 4.79 Å². The van der Waals surface area contributed by atoms with Gasteiger partial charge in [0.05, 0.1) is 16.4 Å². The number of hydrogen-bond acceptors (Lipinski definition) is 4. The third kappa shape index (κ3) is 2.05. The van der Waals surface area contributed by atoms with E-state index < -0.39 is 0 Å². The number of thioether (sulfide) groups is 1. The zero-order chi connectivity index (χ0) is 15.3. The summed E-state index contributed by atoms with van der Waals surface area (Å²) >= 11 is 1.94. The monoisotopic (exact) mass is 317 g/mol. The van der Waals surface area contributed by atoms with Crippen LogP contribution in [0, 0.1) is 0 Å². The molecular weight excluding hydrogens is 298 g/mol. The zero-order valence-corrected chi connectivity index (χ0v) is 13.6. The Morgan fingerprint density at radius 2 is 2.18 bits per heavy atom. The average molecular weight is 317 g/mol. The lowest BCUT2D eigenvalue weighted by atomic mass is 9.92. The maximum Gasteiger partial charge on any atom is 0.275 e. The Morgan fingerprint density at radius 3 is 2.91 bits per heavy atom. The van der Waals surface area contributed by atoms with Crippen LogP contribution in [0.15, 0.2) is 24.3 Å².